The summed E-state index contributed by atoms with van der Waals surface area (Å²) in [4.78, 5) is 15.0. The molecule has 0 saturated heterocycles. The van der Waals surface area contributed by atoms with Gasteiger partial charge < -0.3 is 16.4 Å². The molecule has 0 aromatic carbocycles. The number of unbranched alkanes of at least 4 members (excludes halogenated alkanes) is 15. The van der Waals surface area contributed by atoms with Gasteiger partial charge >= 0.3 is 0 Å². The molecule has 4 nitrogen and oxygen atoms in total. The predicted octanol–water partition coefficient (Wildman–Crippen LogP) is 7.40. The smallest absolute Gasteiger partial charge is 0.239 e. The van der Waals surface area contributed by atoms with Gasteiger partial charge in [0.05, 0.1) is 6.04 Å². The van der Waals surface area contributed by atoms with Gasteiger partial charge in [-0.05, 0) is 32.2 Å². The first-order valence-corrected chi connectivity index (χ1v) is 13.4. The Morgan fingerprint density at radius 3 is 1.38 bits per heavy atom. The van der Waals surface area contributed by atoms with Crippen molar-refractivity contribution in [3.8, 4) is 0 Å². The highest BCUT2D eigenvalue weighted by Gasteiger charge is 2.20. The first-order valence-electron chi connectivity index (χ1n) is 13.4. The first kappa shape index (κ1) is 36.5. The molecule has 0 heterocycles. The lowest BCUT2D eigenvalue weighted by Gasteiger charge is -2.26. The molecule has 0 aliphatic heterocycles. The van der Waals surface area contributed by atoms with Crippen LogP contribution >= 0.6 is 24.8 Å². The summed E-state index contributed by atoms with van der Waals surface area (Å²) in [5.41, 5.74) is 11.8. The lowest BCUT2D eigenvalue weighted by atomic mass is 10.1. The zero-order chi connectivity index (χ0) is 22.3. The largest absolute Gasteiger partial charge is 0.341 e. The van der Waals surface area contributed by atoms with Crippen molar-refractivity contribution in [3.63, 3.8) is 0 Å². The highest BCUT2D eigenvalue weighted by Crippen LogP contribution is 2.12. The Morgan fingerprint density at radius 1 is 0.625 bits per heavy atom. The maximum atomic E-state index is 12.9. The van der Waals surface area contributed by atoms with Gasteiger partial charge in [-0.3, -0.25) is 4.79 Å². The van der Waals surface area contributed by atoms with E-state index in [0.29, 0.717) is 6.54 Å². The molecule has 0 rings (SSSR count). The van der Waals surface area contributed by atoms with Crippen LogP contribution in [-0.2, 0) is 4.79 Å². The zero-order valence-electron chi connectivity index (χ0n) is 21.5. The van der Waals surface area contributed by atoms with Crippen LogP contribution in [-0.4, -0.2) is 36.5 Å². The predicted molar refractivity (Wildman–Crippen MR) is 147 cm³/mol. The number of nitrogens with zero attached hydrogens (tertiary/aromatic N) is 1. The molecule has 1 atom stereocenters. The summed E-state index contributed by atoms with van der Waals surface area (Å²) in [6.45, 7) is 6.97. The van der Waals surface area contributed by atoms with Crippen LogP contribution in [0.4, 0.5) is 0 Å². The normalized spacial score (nSPS) is 11.5. The maximum absolute atomic E-state index is 12.9. The molecule has 6 heteroatoms. The van der Waals surface area contributed by atoms with E-state index in [1.165, 1.54) is 89.9 Å². The van der Waals surface area contributed by atoms with E-state index >= 15 is 0 Å². The number of nitrogens with two attached hydrogens (primary N) is 2. The first-order chi connectivity index (χ1) is 14.7. The zero-order valence-corrected chi connectivity index (χ0v) is 23.1. The minimum Gasteiger partial charge on any atom is -0.341 e. The number of hydrogen-bond donors (Lipinski definition) is 2. The molecule has 0 spiro atoms. The van der Waals surface area contributed by atoms with E-state index in [9.17, 15) is 4.79 Å². The van der Waals surface area contributed by atoms with Gasteiger partial charge in [0, 0.05) is 13.1 Å². The minimum absolute atomic E-state index is 0. The number of carbonyl (C=O) groups is 1. The van der Waals surface area contributed by atoms with Gasteiger partial charge in [-0.2, -0.15) is 0 Å². The Hall–Kier alpha value is -0.0300. The number of hydrogen-bond acceptors (Lipinski definition) is 3. The SMILES string of the molecule is CCCCCCCCCCN(CCCCCCCCCC)C(=O)[C@@H](N)CCCCN.Cl.Cl. The van der Waals surface area contributed by atoms with E-state index in [-0.39, 0.29) is 36.8 Å². The topological polar surface area (TPSA) is 72.3 Å². The Labute approximate surface area is 213 Å². The standard InChI is InChI=1S/C26H55N3O.2ClH/c1-3-5-7-9-11-13-15-19-23-29(26(30)25(28)21-17-18-22-27)24-20-16-14-12-10-8-6-4-2;;/h25H,3-24,27-28H2,1-2H3;2*1H/t25-;;/m0../s1. The van der Waals surface area contributed by atoms with E-state index in [1.54, 1.807) is 0 Å². The van der Waals surface area contributed by atoms with Crippen LogP contribution in [0.5, 0.6) is 0 Å². The van der Waals surface area contributed by atoms with Gasteiger partial charge in [0.1, 0.15) is 0 Å². The van der Waals surface area contributed by atoms with Crippen LogP contribution in [0.15, 0.2) is 0 Å². The Bertz CT molecular complexity index is 353. The van der Waals surface area contributed by atoms with Crippen molar-refractivity contribution < 1.29 is 4.79 Å². The van der Waals surface area contributed by atoms with Crippen LogP contribution in [0.2, 0.25) is 0 Å². The van der Waals surface area contributed by atoms with Crippen LogP contribution in [0.25, 0.3) is 0 Å². The summed E-state index contributed by atoms with van der Waals surface area (Å²) in [6.07, 6.45) is 23.5. The number of carbonyl (C=O) groups excluding carboxylic acids is 1. The van der Waals surface area contributed by atoms with E-state index in [0.717, 1.165) is 45.2 Å². The van der Waals surface area contributed by atoms with Crippen LogP contribution in [0.1, 0.15) is 136 Å². The molecule has 0 aromatic heterocycles. The van der Waals surface area contributed by atoms with E-state index in [1.807, 2.05) is 0 Å². The second-order valence-electron chi connectivity index (χ2n) is 9.17. The van der Waals surface area contributed by atoms with Crippen molar-refractivity contribution in [2.75, 3.05) is 19.6 Å². The number of halogens is 2. The van der Waals surface area contributed by atoms with Crippen molar-refractivity contribution in [2.24, 2.45) is 11.5 Å². The summed E-state index contributed by atoms with van der Waals surface area (Å²) in [5, 5.41) is 0. The lowest BCUT2D eigenvalue weighted by molar-refractivity contribution is -0.133. The van der Waals surface area contributed by atoms with Crippen molar-refractivity contribution in [3.05, 3.63) is 0 Å². The van der Waals surface area contributed by atoms with E-state index < -0.39 is 0 Å². The molecular formula is C26H57Cl2N3O. The molecule has 0 saturated carbocycles. The average molecular weight is 499 g/mol. The summed E-state index contributed by atoms with van der Waals surface area (Å²) >= 11 is 0. The molecule has 0 bridgehead atoms. The molecule has 32 heavy (non-hydrogen) atoms. The highest BCUT2D eigenvalue weighted by atomic mass is 35.5. The molecule has 0 aromatic rings. The number of amides is 1. The quantitative estimate of drug-likeness (QED) is 0.144. The highest BCUT2D eigenvalue weighted by molar-refractivity contribution is 5.85. The summed E-state index contributed by atoms with van der Waals surface area (Å²) in [7, 11) is 0. The molecule has 4 N–H and O–H groups in total. The molecule has 0 radical (unpaired) electrons. The Kier molecular flexibility index (Phi) is 33.1. The van der Waals surface area contributed by atoms with Gasteiger partial charge in [-0.15, -0.1) is 24.8 Å². The molecule has 0 fully saturated rings. The summed E-state index contributed by atoms with van der Waals surface area (Å²) < 4.78 is 0. The van der Waals surface area contributed by atoms with Crippen LogP contribution in [0, 0.1) is 0 Å². The molecule has 0 unspecified atom stereocenters. The van der Waals surface area contributed by atoms with Crippen molar-refractivity contribution in [1.29, 1.82) is 0 Å². The number of rotatable bonds is 23. The van der Waals surface area contributed by atoms with Gasteiger partial charge in [0.15, 0.2) is 0 Å². The van der Waals surface area contributed by atoms with Crippen LogP contribution < -0.4 is 11.5 Å². The third-order valence-corrected chi connectivity index (χ3v) is 6.16. The van der Waals surface area contributed by atoms with E-state index in [4.69, 9.17) is 11.5 Å². The average Bonchev–Trinajstić information content (AvgIpc) is 2.75. The molecular weight excluding hydrogens is 441 g/mol. The second kappa shape index (κ2) is 29.0. The maximum Gasteiger partial charge on any atom is 0.239 e. The second-order valence-corrected chi connectivity index (χ2v) is 9.17. The van der Waals surface area contributed by atoms with Crippen molar-refractivity contribution >= 4 is 30.7 Å². The fourth-order valence-corrected chi connectivity index (χ4v) is 4.07. The Balaban J connectivity index is -0.00000420. The molecule has 196 valence electrons. The third-order valence-electron chi connectivity index (χ3n) is 6.16. The summed E-state index contributed by atoms with van der Waals surface area (Å²) in [5.74, 6) is 0.165. The molecule has 0 aliphatic carbocycles. The van der Waals surface area contributed by atoms with Crippen LogP contribution in [0.3, 0.4) is 0 Å². The van der Waals surface area contributed by atoms with Gasteiger partial charge in [-0.1, -0.05) is 110 Å². The van der Waals surface area contributed by atoms with Crippen molar-refractivity contribution in [1.82, 2.24) is 4.90 Å². The lowest BCUT2D eigenvalue weighted by Crippen LogP contribution is -2.44. The third kappa shape index (κ3) is 23.1. The van der Waals surface area contributed by atoms with Crippen molar-refractivity contribution in [2.45, 2.75) is 142 Å². The summed E-state index contributed by atoms with van der Waals surface area (Å²) in [6, 6.07) is -0.348. The monoisotopic (exact) mass is 497 g/mol. The molecule has 0 aliphatic rings. The van der Waals surface area contributed by atoms with Gasteiger partial charge in [0.25, 0.3) is 0 Å². The fraction of sp³-hybridized carbons (Fsp3) is 0.962. The molecule has 1 amide bonds. The fourth-order valence-electron chi connectivity index (χ4n) is 4.07. The van der Waals surface area contributed by atoms with Gasteiger partial charge in [0.2, 0.25) is 5.91 Å². The minimum atomic E-state index is -0.348. The Morgan fingerprint density at radius 2 is 1.00 bits per heavy atom. The van der Waals surface area contributed by atoms with E-state index in [2.05, 4.69) is 18.7 Å². The van der Waals surface area contributed by atoms with Gasteiger partial charge in [-0.25, -0.2) is 0 Å².